The molecule has 0 aromatic heterocycles. The molecule has 0 spiro atoms. The molecule has 0 bridgehead atoms. The highest BCUT2D eigenvalue weighted by atomic mass is 32.2. The van der Waals surface area contributed by atoms with E-state index in [0.29, 0.717) is 12.4 Å². The summed E-state index contributed by atoms with van der Waals surface area (Å²) in [6.07, 6.45) is -4.50. The second kappa shape index (κ2) is 8.89. The smallest absolute Gasteiger partial charge is 0.411 e. The summed E-state index contributed by atoms with van der Waals surface area (Å²) in [7, 11) is -3.72. The van der Waals surface area contributed by atoms with Crippen LogP contribution in [0, 0.1) is 0 Å². The quantitative estimate of drug-likeness (QED) is 0.681. The van der Waals surface area contributed by atoms with Gasteiger partial charge in [-0.25, -0.2) is 8.42 Å². The lowest BCUT2D eigenvalue weighted by atomic mass is 10.3. The number of carbonyl (C=O) groups is 1. The van der Waals surface area contributed by atoms with Crippen molar-refractivity contribution in [2.24, 2.45) is 0 Å². The lowest BCUT2D eigenvalue weighted by Gasteiger charge is -2.34. The highest BCUT2D eigenvalue weighted by Gasteiger charge is 2.31. The zero-order valence-corrected chi connectivity index (χ0v) is 15.6. The van der Waals surface area contributed by atoms with E-state index in [4.69, 9.17) is 4.74 Å². The molecule has 27 heavy (non-hydrogen) atoms. The molecule has 1 amide bonds. The average molecular weight is 410 g/mol. The zero-order valence-electron chi connectivity index (χ0n) is 14.7. The van der Waals surface area contributed by atoms with Crippen molar-refractivity contribution < 1.29 is 35.9 Å². The summed E-state index contributed by atoms with van der Waals surface area (Å²) < 4.78 is 72.2. The summed E-state index contributed by atoms with van der Waals surface area (Å²) in [5, 5.41) is 0. The second-order valence-electron chi connectivity index (χ2n) is 5.80. The molecule has 0 atom stereocenters. The van der Waals surface area contributed by atoms with Gasteiger partial charge in [0.05, 0.1) is 11.5 Å². The van der Waals surface area contributed by atoms with Gasteiger partial charge < -0.3 is 14.4 Å². The third kappa shape index (κ3) is 6.08. The van der Waals surface area contributed by atoms with E-state index in [1.807, 2.05) is 6.92 Å². The van der Waals surface area contributed by atoms with E-state index in [2.05, 4.69) is 4.74 Å². The predicted octanol–water partition coefficient (Wildman–Crippen LogP) is 1.50. The standard InChI is InChI=1S/C16H21F3N2O5S/c1-2-26-13-3-5-14(6-4-13)27(23,24)21-9-7-20(8-10-21)15(22)11-25-12-16(17,18)19/h3-6H,2,7-12H2,1H3. The molecule has 7 nitrogen and oxygen atoms in total. The molecule has 1 heterocycles. The van der Waals surface area contributed by atoms with Gasteiger partial charge in [-0.05, 0) is 31.2 Å². The van der Waals surface area contributed by atoms with Crippen LogP contribution in [0.4, 0.5) is 13.2 Å². The Morgan fingerprint density at radius 2 is 1.70 bits per heavy atom. The fourth-order valence-electron chi connectivity index (χ4n) is 2.55. The molecule has 152 valence electrons. The van der Waals surface area contributed by atoms with Crippen molar-refractivity contribution in [3.05, 3.63) is 24.3 Å². The van der Waals surface area contributed by atoms with E-state index >= 15 is 0 Å². The van der Waals surface area contributed by atoms with Crippen LogP contribution in [0.25, 0.3) is 0 Å². The van der Waals surface area contributed by atoms with Gasteiger partial charge in [-0.1, -0.05) is 0 Å². The Balaban J connectivity index is 1.89. The molecule has 1 aromatic rings. The van der Waals surface area contributed by atoms with Crippen LogP contribution in [0.15, 0.2) is 29.2 Å². The number of benzene rings is 1. The largest absolute Gasteiger partial charge is 0.494 e. The molecule has 1 aliphatic heterocycles. The van der Waals surface area contributed by atoms with Crippen LogP contribution in [0.3, 0.4) is 0 Å². The van der Waals surface area contributed by atoms with Crippen molar-refractivity contribution in [2.75, 3.05) is 46.0 Å². The highest BCUT2D eigenvalue weighted by Crippen LogP contribution is 2.21. The Bertz CT molecular complexity index is 729. The number of carbonyl (C=O) groups excluding carboxylic acids is 1. The molecule has 0 unspecified atom stereocenters. The van der Waals surface area contributed by atoms with Crippen LogP contribution in [-0.2, 0) is 19.6 Å². The van der Waals surface area contributed by atoms with Crippen molar-refractivity contribution in [1.82, 2.24) is 9.21 Å². The molecule has 1 aromatic carbocycles. The van der Waals surface area contributed by atoms with Crippen molar-refractivity contribution in [3.63, 3.8) is 0 Å². The maximum absolute atomic E-state index is 12.6. The summed E-state index contributed by atoms with van der Waals surface area (Å²) in [6.45, 7) is 0.389. The Kier molecular flexibility index (Phi) is 7.06. The Labute approximate surface area is 155 Å². The van der Waals surface area contributed by atoms with Crippen LogP contribution < -0.4 is 4.74 Å². The second-order valence-corrected chi connectivity index (χ2v) is 7.74. The molecule has 0 radical (unpaired) electrons. The molecular weight excluding hydrogens is 389 g/mol. The summed E-state index contributed by atoms with van der Waals surface area (Å²) in [6, 6.07) is 6.02. The third-order valence-corrected chi connectivity index (χ3v) is 5.77. The van der Waals surface area contributed by atoms with E-state index in [0.717, 1.165) is 0 Å². The molecule has 11 heteroatoms. The number of piperazine rings is 1. The number of hydrogen-bond donors (Lipinski definition) is 0. The zero-order chi connectivity index (χ0) is 20.1. The molecule has 1 fully saturated rings. The molecule has 1 aliphatic rings. The lowest BCUT2D eigenvalue weighted by molar-refractivity contribution is -0.178. The van der Waals surface area contributed by atoms with E-state index in [1.165, 1.54) is 21.3 Å². The number of hydrogen-bond acceptors (Lipinski definition) is 5. The summed E-state index contributed by atoms with van der Waals surface area (Å²) in [5.41, 5.74) is 0. The number of ether oxygens (including phenoxy) is 2. The van der Waals surface area contributed by atoms with Crippen molar-refractivity contribution >= 4 is 15.9 Å². The fraction of sp³-hybridized carbons (Fsp3) is 0.562. The van der Waals surface area contributed by atoms with Crippen molar-refractivity contribution in [3.8, 4) is 5.75 Å². The van der Waals surface area contributed by atoms with Crippen molar-refractivity contribution in [1.29, 1.82) is 0 Å². The van der Waals surface area contributed by atoms with E-state index < -0.39 is 35.3 Å². The van der Waals surface area contributed by atoms with Crippen LogP contribution >= 0.6 is 0 Å². The van der Waals surface area contributed by atoms with Gasteiger partial charge in [-0.15, -0.1) is 0 Å². The molecule has 0 saturated carbocycles. The topological polar surface area (TPSA) is 76.2 Å². The van der Waals surface area contributed by atoms with Gasteiger partial charge in [0.2, 0.25) is 15.9 Å². The van der Waals surface area contributed by atoms with E-state index in [-0.39, 0.29) is 31.1 Å². The SMILES string of the molecule is CCOc1ccc(S(=O)(=O)N2CCN(C(=O)COCC(F)(F)F)CC2)cc1. The number of nitrogens with zero attached hydrogens (tertiary/aromatic N) is 2. The molecule has 0 aliphatic carbocycles. The minimum absolute atomic E-state index is 0.0561. The van der Waals surface area contributed by atoms with Gasteiger partial charge in [0.15, 0.2) is 0 Å². The number of sulfonamides is 1. The van der Waals surface area contributed by atoms with Gasteiger partial charge in [0, 0.05) is 26.2 Å². The number of halogens is 3. The third-order valence-electron chi connectivity index (χ3n) is 3.86. The Hall–Kier alpha value is -1.85. The van der Waals surface area contributed by atoms with Crippen LogP contribution in [0.1, 0.15) is 6.92 Å². The van der Waals surface area contributed by atoms with Gasteiger partial charge in [0.25, 0.3) is 0 Å². The number of rotatable bonds is 7. The van der Waals surface area contributed by atoms with Gasteiger partial charge in [-0.2, -0.15) is 17.5 Å². The first-order valence-electron chi connectivity index (χ1n) is 8.29. The van der Waals surface area contributed by atoms with Crippen LogP contribution in [-0.4, -0.2) is 75.7 Å². The van der Waals surface area contributed by atoms with Crippen LogP contribution in [0.5, 0.6) is 5.75 Å². The van der Waals surface area contributed by atoms with Gasteiger partial charge >= 0.3 is 6.18 Å². The summed E-state index contributed by atoms with van der Waals surface area (Å²) >= 11 is 0. The Morgan fingerprint density at radius 1 is 1.11 bits per heavy atom. The van der Waals surface area contributed by atoms with Crippen molar-refractivity contribution in [2.45, 2.75) is 18.0 Å². The predicted molar refractivity (Wildman–Crippen MR) is 89.8 cm³/mol. The minimum atomic E-state index is -4.50. The first-order valence-corrected chi connectivity index (χ1v) is 9.73. The normalized spacial score (nSPS) is 16.4. The van der Waals surface area contributed by atoms with E-state index in [9.17, 15) is 26.4 Å². The summed E-state index contributed by atoms with van der Waals surface area (Å²) in [4.78, 5) is 13.3. The first kappa shape index (κ1) is 21.5. The number of alkyl halides is 3. The van der Waals surface area contributed by atoms with Gasteiger partial charge in [-0.3, -0.25) is 4.79 Å². The maximum Gasteiger partial charge on any atom is 0.411 e. The van der Waals surface area contributed by atoms with Gasteiger partial charge in [0.1, 0.15) is 19.0 Å². The molecule has 1 saturated heterocycles. The fourth-order valence-corrected chi connectivity index (χ4v) is 3.97. The average Bonchev–Trinajstić information content (AvgIpc) is 2.61. The van der Waals surface area contributed by atoms with Crippen LogP contribution in [0.2, 0.25) is 0 Å². The molecule has 0 N–H and O–H groups in total. The van der Waals surface area contributed by atoms with E-state index in [1.54, 1.807) is 12.1 Å². The highest BCUT2D eigenvalue weighted by molar-refractivity contribution is 7.89. The first-order chi connectivity index (χ1) is 12.6. The monoisotopic (exact) mass is 410 g/mol. The molecule has 2 rings (SSSR count). The Morgan fingerprint density at radius 3 is 2.22 bits per heavy atom. The maximum atomic E-state index is 12.6. The minimum Gasteiger partial charge on any atom is -0.494 e. The lowest BCUT2D eigenvalue weighted by Crippen LogP contribution is -2.51. The number of amides is 1. The summed E-state index contributed by atoms with van der Waals surface area (Å²) in [5.74, 6) is -0.0388. The molecular formula is C16H21F3N2O5S.